The second-order valence-corrected chi connectivity index (χ2v) is 6.53. The lowest BCUT2D eigenvalue weighted by molar-refractivity contribution is -0.140. The van der Waals surface area contributed by atoms with Gasteiger partial charge in [-0.1, -0.05) is 42.1 Å². The first kappa shape index (κ1) is 15.7. The zero-order valence-corrected chi connectivity index (χ0v) is 14.0. The van der Waals surface area contributed by atoms with Crippen molar-refractivity contribution in [1.82, 2.24) is 20.2 Å². The van der Waals surface area contributed by atoms with Crippen molar-refractivity contribution in [3.05, 3.63) is 58.3 Å². The first-order chi connectivity index (χ1) is 11.3. The molecule has 0 radical (unpaired) electrons. The maximum absolute atomic E-state index is 12.1. The molecule has 0 spiro atoms. The third-order valence-corrected chi connectivity index (χ3v) is 5.06. The number of rotatable bonds is 6. The van der Waals surface area contributed by atoms with Gasteiger partial charge in [0.2, 0.25) is 5.16 Å². The largest absolute Gasteiger partial charge is 0.468 e. The quantitative estimate of drug-likeness (QED) is 0.505. The van der Waals surface area contributed by atoms with Crippen molar-refractivity contribution < 1.29 is 9.53 Å². The van der Waals surface area contributed by atoms with Crippen LogP contribution in [0.3, 0.4) is 0 Å². The summed E-state index contributed by atoms with van der Waals surface area (Å²) in [7, 11) is 1.38. The molecule has 0 aliphatic heterocycles. The second-order valence-electron chi connectivity index (χ2n) is 4.68. The van der Waals surface area contributed by atoms with E-state index in [1.165, 1.54) is 30.2 Å². The Balaban J connectivity index is 1.81. The first-order valence-electron chi connectivity index (χ1n) is 6.84. The van der Waals surface area contributed by atoms with Gasteiger partial charge in [-0.3, -0.25) is 4.79 Å². The van der Waals surface area contributed by atoms with Crippen molar-refractivity contribution >= 4 is 29.1 Å². The highest BCUT2D eigenvalue weighted by Gasteiger charge is 2.26. The molecule has 0 fully saturated rings. The van der Waals surface area contributed by atoms with Gasteiger partial charge in [0.15, 0.2) is 0 Å². The van der Waals surface area contributed by atoms with Crippen LogP contribution in [0.15, 0.2) is 52.3 Å². The van der Waals surface area contributed by atoms with Gasteiger partial charge in [-0.15, -0.1) is 5.10 Å². The van der Waals surface area contributed by atoms with Crippen LogP contribution in [-0.4, -0.2) is 33.3 Å². The fraction of sp³-hybridized carbons (Fsp3) is 0.200. The lowest BCUT2D eigenvalue weighted by atomic mass is 10.2. The van der Waals surface area contributed by atoms with Crippen LogP contribution in [0.25, 0.3) is 0 Å². The fourth-order valence-corrected chi connectivity index (χ4v) is 3.79. The predicted octanol–water partition coefficient (Wildman–Crippen LogP) is 2.79. The third-order valence-electron chi connectivity index (χ3n) is 3.16. The van der Waals surface area contributed by atoms with Gasteiger partial charge >= 0.3 is 5.97 Å². The Morgan fingerprint density at radius 2 is 2.17 bits per heavy atom. The summed E-state index contributed by atoms with van der Waals surface area (Å²) in [6.45, 7) is 0.549. The lowest BCUT2D eigenvalue weighted by Gasteiger charge is -2.12. The molecule has 2 aromatic heterocycles. The van der Waals surface area contributed by atoms with Crippen LogP contribution in [0, 0.1) is 0 Å². The van der Waals surface area contributed by atoms with Gasteiger partial charge in [-0.2, -0.15) is 11.3 Å². The molecule has 1 aromatic carbocycles. The molecule has 0 unspecified atom stereocenters. The molecule has 3 rings (SSSR count). The van der Waals surface area contributed by atoms with E-state index in [2.05, 4.69) is 15.5 Å². The first-order valence-corrected chi connectivity index (χ1v) is 8.67. The number of thioether (sulfide) groups is 1. The monoisotopic (exact) mass is 346 g/mol. The van der Waals surface area contributed by atoms with Gasteiger partial charge in [-0.05, 0) is 38.4 Å². The molecular weight excluding hydrogens is 332 g/mol. The number of hydrogen-bond acceptors (Lipinski definition) is 7. The average Bonchev–Trinajstić information content (AvgIpc) is 3.25. The van der Waals surface area contributed by atoms with Crippen molar-refractivity contribution in [2.24, 2.45) is 0 Å². The van der Waals surface area contributed by atoms with E-state index in [1.54, 1.807) is 4.68 Å². The number of aromatic nitrogens is 4. The van der Waals surface area contributed by atoms with Crippen LogP contribution in [0.1, 0.15) is 16.4 Å². The summed E-state index contributed by atoms with van der Waals surface area (Å²) in [6.07, 6.45) is 0. The van der Waals surface area contributed by atoms with E-state index in [9.17, 15) is 4.79 Å². The molecule has 23 heavy (non-hydrogen) atoms. The number of carbonyl (C=O) groups is 1. The predicted molar refractivity (Wildman–Crippen MR) is 88.3 cm³/mol. The molecule has 118 valence electrons. The van der Waals surface area contributed by atoms with Crippen LogP contribution in [0.2, 0.25) is 0 Å². The summed E-state index contributed by atoms with van der Waals surface area (Å²) >= 11 is 2.83. The number of ether oxygens (including phenoxy) is 1. The molecule has 1 atom stereocenters. The number of nitrogens with zero attached hydrogens (tertiary/aromatic N) is 4. The molecule has 0 N–H and O–H groups in total. The highest BCUT2D eigenvalue weighted by Crippen LogP contribution is 2.35. The molecule has 0 aliphatic carbocycles. The molecule has 0 saturated carbocycles. The van der Waals surface area contributed by atoms with Gasteiger partial charge in [0.25, 0.3) is 0 Å². The SMILES string of the molecule is COC(=O)[C@H](Sc1nnnn1Cc1ccccc1)c1ccsc1. The van der Waals surface area contributed by atoms with E-state index in [0.717, 1.165) is 11.1 Å². The van der Waals surface area contributed by atoms with Gasteiger partial charge in [0, 0.05) is 0 Å². The number of hydrogen-bond donors (Lipinski definition) is 0. The Morgan fingerprint density at radius 3 is 2.87 bits per heavy atom. The molecule has 0 amide bonds. The smallest absolute Gasteiger partial charge is 0.323 e. The lowest BCUT2D eigenvalue weighted by Crippen LogP contribution is -2.12. The van der Waals surface area contributed by atoms with E-state index in [0.29, 0.717) is 11.7 Å². The van der Waals surface area contributed by atoms with E-state index in [1.807, 2.05) is 47.2 Å². The van der Waals surface area contributed by atoms with Crippen molar-refractivity contribution in [3.8, 4) is 0 Å². The second kappa shape index (κ2) is 7.38. The maximum atomic E-state index is 12.1. The number of methoxy groups -OCH3 is 1. The average molecular weight is 346 g/mol. The van der Waals surface area contributed by atoms with Crippen molar-refractivity contribution in [2.45, 2.75) is 17.0 Å². The Hall–Kier alpha value is -2.19. The molecule has 2 heterocycles. The Kier molecular flexibility index (Phi) is 5.04. The highest BCUT2D eigenvalue weighted by atomic mass is 32.2. The minimum Gasteiger partial charge on any atom is -0.468 e. The number of thiophene rings is 1. The normalized spacial score (nSPS) is 12.0. The van der Waals surface area contributed by atoms with Crippen molar-refractivity contribution in [1.29, 1.82) is 0 Å². The topological polar surface area (TPSA) is 69.9 Å². The fourth-order valence-electron chi connectivity index (χ4n) is 2.03. The standard InChI is InChI=1S/C15H14N4O2S2/c1-21-14(20)13(12-7-8-22-10-12)23-15-16-17-18-19(15)9-11-5-3-2-4-6-11/h2-8,10,13H,9H2,1H3/t13-/m1/s1. The molecule has 8 heteroatoms. The van der Waals surface area contributed by atoms with Crippen LogP contribution >= 0.6 is 23.1 Å². The van der Waals surface area contributed by atoms with E-state index in [-0.39, 0.29) is 5.97 Å². The Morgan fingerprint density at radius 1 is 1.35 bits per heavy atom. The zero-order valence-electron chi connectivity index (χ0n) is 12.3. The maximum Gasteiger partial charge on any atom is 0.323 e. The minimum atomic E-state index is -0.480. The number of tetrazole rings is 1. The van der Waals surface area contributed by atoms with Crippen LogP contribution in [-0.2, 0) is 16.1 Å². The van der Waals surface area contributed by atoms with Gasteiger partial charge in [0.05, 0.1) is 13.7 Å². The summed E-state index contributed by atoms with van der Waals surface area (Å²) in [5.41, 5.74) is 1.98. The number of carbonyl (C=O) groups excluding carboxylic acids is 1. The summed E-state index contributed by atoms with van der Waals surface area (Å²) < 4.78 is 6.59. The van der Waals surface area contributed by atoms with Crippen LogP contribution in [0.4, 0.5) is 0 Å². The highest BCUT2D eigenvalue weighted by molar-refractivity contribution is 8.00. The van der Waals surface area contributed by atoms with Crippen LogP contribution in [0.5, 0.6) is 0 Å². The van der Waals surface area contributed by atoms with Crippen LogP contribution < -0.4 is 0 Å². The number of esters is 1. The van der Waals surface area contributed by atoms with E-state index in [4.69, 9.17) is 4.74 Å². The summed E-state index contributed by atoms with van der Waals surface area (Å²) in [5, 5.41) is 15.7. The Labute approximate surface area is 141 Å². The van der Waals surface area contributed by atoms with E-state index >= 15 is 0 Å². The summed E-state index contributed by atoms with van der Waals surface area (Å²) in [6, 6.07) is 11.8. The van der Waals surface area contributed by atoms with E-state index < -0.39 is 5.25 Å². The number of benzene rings is 1. The molecule has 0 aliphatic rings. The van der Waals surface area contributed by atoms with Gasteiger partial charge in [0.1, 0.15) is 5.25 Å². The molecule has 3 aromatic rings. The molecule has 0 bridgehead atoms. The van der Waals surface area contributed by atoms with Gasteiger partial charge in [-0.25, -0.2) is 4.68 Å². The minimum absolute atomic E-state index is 0.317. The Bertz CT molecular complexity index is 759. The van der Waals surface area contributed by atoms with Crippen molar-refractivity contribution in [2.75, 3.05) is 7.11 Å². The molecular formula is C15H14N4O2S2. The molecule has 0 saturated heterocycles. The summed E-state index contributed by atoms with van der Waals surface area (Å²) in [5.74, 6) is -0.317. The third kappa shape index (κ3) is 3.77. The zero-order chi connectivity index (χ0) is 16.1. The van der Waals surface area contributed by atoms with Crippen molar-refractivity contribution in [3.63, 3.8) is 0 Å². The molecule has 6 nitrogen and oxygen atoms in total. The summed E-state index contributed by atoms with van der Waals surface area (Å²) in [4.78, 5) is 12.1. The van der Waals surface area contributed by atoms with Gasteiger partial charge < -0.3 is 4.74 Å².